The van der Waals surface area contributed by atoms with Crippen LogP contribution in [0, 0.1) is 0 Å². The Morgan fingerprint density at radius 3 is 2.47 bits per heavy atom. The normalized spacial score (nSPS) is 12.6. The summed E-state index contributed by atoms with van der Waals surface area (Å²) in [5.74, 6) is 1.26. The lowest BCUT2D eigenvalue weighted by Gasteiger charge is -2.16. The molecule has 2 aromatic rings. The lowest BCUT2D eigenvalue weighted by Crippen LogP contribution is -2.14. The van der Waals surface area contributed by atoms with Crippen molar-refractivity contribution in [1.29, 1.82) is 0 Å². The van der Waals surface area contributed by atoms with E-state index < -0.39 is 0 Å². The molecule has 2 rings (SSSR count). The summed E-state index contributed by atoms with van der Waals surface area (Å²) in [6.07, 6.45) is 2.03. The number of rotatable bonds is 6. The molecule has 0 aliphatic carbocycles. The molecule has 0 aliphatic heterocycles. The van der Waals surface area contributed by atoms with Crippen LogP contribution in [0.5, 0.6) is 0 Å². The van der Waals surface area contributed by atoms with E-state index in [1.165, 1.54) is 17.0 Å². The van der Waals surface area contributed by atoms with Crippen LogP contribution >= 0.6 is 12.6 Å². The van der Waals surface area contributed by atoms with Crippen molar-refractivity contribution in [2.75, 3.05) is 5.75 Å². The van der Waals surface area contributed by atoms with Crippen molar-refractivity contribution in [2.24, 2.45) is 0 Å². The fourth-order valence-electron chi connectivity index (χ4n) is 2.33. The summed E-state index contributed by atoms with van der Waals surface area (Å²) >= 11 is 4.51. The van der Waals surface area contributed by atoms with Crippen molar-refractivity contribution in [2.45, 2.75) is 39.2 Å². The molecule has 0 saturated heterocycles. The van der Waals surface area contributed by atoms with Crippen LogP contribution in [0.1, 0.15) is 36.7 Å². The number of aryl methyl sites for hydroxylation is 2. The first-order valence-corrected chi connectivity index (χ1v) is 7.63. The molecule has 0 aliphatic rings. The van der Waals surface area contributed by atoms with Crippen molar-refractivity contribution < 1.29 is 0 Å². The van der Waals surface area contributed by atoms with Crippen molar-refractivity contribution in [1.82, 2.24) is 9.78 Å². The minimum Gasteiger partial charge on any atom is -0.269 e. The first kappa shape index (κ1) is 14.2. The van der Waals surface area contributed by atoms with E-state index in [4.69, 9.17) is 5.10 Å². The Morgan fingerprint density at radius 2 is 1.89 bits per heavy atom. The Hall–Kier alpha value is -1.22. The van der Waals surface area contributed by atoms with Crippen LogP contribution < -0.4 is 0 Å². The number of benzene rings is 1. The summed E-state index contributed by atoms with van der Waals surface area (Å²) in [7, 11) is 0. The van der Waals surface area contributed by atoms with Crippen molar-refractivity contribution in [3.63, 3.8) is 0 Å². The molecule has 0 N–H and O–H groups in total. The number of nitrogens with zero attached hydrogens (tertiary/aromatic N) is 2. The highest BCUT2D eigenvalue weighted by Gasteiger charge is 2.13. The Kier molecular flexibility index (Phi) is 5.08. The molecule has 1 aromatic heterocycles. The fraction of sp³-hybridized carbons (Fsp3) is 0.438. The van der Waals surface area contributed by atoms with Gasteiger partial charge in [0.05, 0.1) is 5.69 Å². The third-order valence-corrected chi connectivity index (χ3v) is 3.96. The average Bonchev–Trinajstić information content (AvgIpc) is 2.87. The Morgan fingerprint density at radius 1 is 1.16 bits per heavy atom. The highest BCUT2D eigenvalue weighted by atomic mass is 32.1. The molecule has 1 unspecified atom stereocenters. The average molecular weight is 274 g/mol. The number of aromatic nitrogens is 2. The van der Waals surface area contributed by atoms with Crippen LogP contribution in [0.4, 0.5) is 0 Å². The first-order valence-electron chi connectivity index (χ1n) is 6.99. The lowest BCUT2D eigenvalue weighted by molar-refractivity contribution is 0.526. The molecule has 0 spiro atoms. The highest BCUT2D eigenvalue weighted by molar-refractivity contribution is 7.80. The maximum absolute atomic E-state index is 4.70. The fourth-order valence-corrected chi connectivity index (χ4v) is 2.66. The summed E-state index contributed by atoms with van der Waals surface area (Å²) < 4.78 is 2.16. The zero-order chi connectivity index (χ0) is 13.7. The summed E-state index contributed by atoms with van der Waals surface area (Å²) in [4.78, 5) is 0. The Bertz CT molecular complexity index is 505. The molecule has 1 heterocycles. The molecular weight excluding hydrogens is 252 g/mol. The van der Waals surface area contributed by atoms with Gasteiger partial charge in [0, 0.05) is 18.2 Å². The van der Waals surface area contributed by atoms with Gasteiger partial charge in [0.1, 0.15) is 0 Å². The summed E-state index contributed by atoms with van der Waals surface area (Å²) in [5.41, 5.74) is 3.84. The molecule has 3 heteroatoms. The maximum Gasteiger partial charge on any atom is 0.0624 e. The number of hydrogen-bond donors (Lipinski definition) is 1. The second kappa shape index (κ2) is 6.80. The molecule has 1 atom stereocenters. The second-order valence-corrected chi connectivity index (χ2v) is 5.17. The largest absolute Gasteiger partial charge is 0.269 e. The van der Waals surface area contributed by atoms with Crippen LogP contribution in [0.2, 0.25) is 0 Å². The zero-order valence-electron chi connectivity index (χ0n) is 11.7. The van der Waals surface area contributed by atoms with Gasteiger partial charge in [0.2, 0.25) is 0 Å². The topological polar surface area (TPSA) is 17.8 Å². The number of thiol groups is 1. The molecule has 2 nitrogen and oxygen atoms in total. The van der Waals surface area contributed by atoms with Crippen molar-refractivity contribution in [3.05, 3.63) is 53.3 Å². The quantitative estimate of drug-likeness (QED) is 0.795. The molecular formula is C16H22N2S. The van der Waals surface area contributed by atoms with E-state index in [0.29, 0.717) is 5.92 Å². The van der Waals surface area contributed by atoms with E-state index in [9.17, 15) is 0 Å². The van der Waals surface area contributed by atoms with Gasteiger partial charge in [-0.2, -0.15) is 17.7 Å². The number of hydrogen-bond acceptors (Lipinski definition) is 2. The maximum atomic E-state index is 4.70. The molecule has 0 amide bonds. The molecule has 1 aromatic carbocycles. The monoisotopic (exact) mass is 274 g/mol. The summed E-state index contributed by atoms with van der Waals surface area (Å²) in [6.45, 7) is 5.25. The minimum atomic E-state index is 0.416. The Balaban J connectivity index is 2.21. The van der Waals surface area contributed by atoms with E-state index in [0.717, 1.165) is 25.1 Å². The van der Waals surface area contributed by atoms with Crippen LogP contribution in [-0.2, 0) is 19.4 Å². The van der Waals surface area contributed by atoms with E-state index >= 15 is 0 Å². The van der Waals surface area contributed by atoms with Gasteiger partial charge in [-0.15, -0.1) is 0 Å². The third kappa shape index (κ3) is 3.41. The Labute approximate surface area is 121 Å². The second-order valence-electron chi connectivity index (χ2n) is 4.81. The van der Waals surface area contributed by atoms with Gasteiger partial charge in [-0.1, -0.05) is 44.2 Å². The van der Waals surface area contributed by atoms with E-state index in [1.807, 2.05) is 0 Å². The zero-order valence-corrected chi connectivity index (χ0v) is 12.6. The van der Waals surface area contributed by atoms with Crippen molar-refractivity contribution in [3.8, 4) is 0 Å². The van der Waals surface area contributed by atoms with E-state index in [2.05, 4.69) is 67.6 Å². The van der Waals surface area contributed by atoms with Gasteiger partial charge in [-0.25, -0.2) is 0 Å². The lowest BCUT2D eigenvalue weighted by atomic mass is 10.0. The molecule has 0 fully saturated rings. The molecule has 102 valence electrons. The molecule has 0 saturated carbocycles. The van der Waals surface area contributed by atoms with Crippen LogP contribution in [-0.4, -0.2) is 15.5 Å². The van der Waals surface area contributed by atoms with Crippen molar-refractivity contribution >= 4 is 12.6 Å². The molecule has 0 radical (unpaired) electrons. The van der Waals surface area contributed by atoms with Gasteiger partial charge in [-0.3, -0.25) is 4.68 Å². The van der Waals surface area contributed by atoms with Gasteiger partial charge in [-0.05, 0) is 30.2 Å². The highest BCUT2D eigenvalue weighted by Crippen LogP contribution is 2.20. The van der Waals surface area contributed by atoms with Crippen LogP contribution in [0.15, 0.2) is 36.4 Å². The summed E-state index contributed by atoms with van der Waals surface area (Å²) in [5, 5.41) is 4.70. The van der Waals surface area contributed by atoms with Gasteiger partial charge < -0.3 is 0 Å². The standard InChI is InChI=1S/C16H22N2S/c1-3-15-10-16(4-2)18(17-15)11-14(12-19)13-8-6-5-7-9-13/h5-10,14,19H,3-4,11-12H2,1-2H3. The SMILES string of the molecule is CCc1cc(CC)n(CC(CS)c2ccccc2)n1. The minimum absolute atomic E-state index is 0.416. The third-order valence-electron chi connectivity index (χ3n) is 3.52. The first-order chi connectivity index (χ1) is 9.28. The van der Waals surface area contributed by atoms with Crippen LogP contribution in [0.25, 0.3) is 0 Å². The van der Waals surface area contributed by atoms with E-state index in [-0.39, 0.29) is 0 Å². The predicted octanol–water partition coefficient (Wildman–Crippen LogP) is 3.72. The molecule has 0 bridgehead atoms. The van der Waals surface area contributed by atoms with Gasteiger partial charge in [0.15, 0.2) is 0 Å². The molecule has 19 heavy (non-hydrogen) atoms. The van der Waals surface area contributed by atoms with Gasteiger partial charge in [0.25, 0.3) is 0 Å². The van der Waals surface area contributed by atoms with E-state index in [1.54, 1.807) is 0 Å². The smallest absolute Gasteiger partial charge is 0.0624 e. The van der Waals surface area contributed by atoms with Gasteiger partial charge >= 0.3 is 0 Å². The summed E-state index contributed by atoms with van der Waals surface area (Å²) in [6, 6.07) is 12.8. The van der Waals surface area contributed by atoms with Crippen LogP contribution in [0.3, 0.4) is 0 Å². The predicted molar refractivity (Wildman–Crippen MR) is 84.0 cm³/mol.